The third-order valence-electron chi connectivity index (χ3n) is 4.56. The lowest BCUT2D eigenvalue weighted by Gasteiger charge is -2.26. The number of nitrogens with one attached hydrogen (secondary N) is 2. The number of sulfonamides is 1. The van der Waals surface area contributed by atoms with E-state index in [1.165, 1.54) is 16.4 Å². The molecule has 3 heterocycles. The Balaban J connectivity index is 1.78. The minimum atomic E-state index is -3.63. The predicted octanol–water partition coefficient (Wildman–Crippen LogP) is 2.39. The molecule has 0 bridgehead atoms. The van der Waals surface area contributed by atoms with E-state index in [0.717, 1.165) is 16.6 Å². The Labute approximate surface area is 138 Å². The smallest absolute Gasteiger partial charge is 0.247 e. The molecule has 0 spiro atoms. The number of aryl methyl sites for hydroxylation is 2. The maximum Gasteiger partial charge on any atom is 0.247 e. The van der Waals surface area contributed by atoms with Crippen LogP contribution in [0.5, 0.6) is 0 Å². The lowest BCUT2D eigenvalue weighted by atomic mass is 10.1. The van der Waals surface area contributed by atoms with Crippen molar-refractivity contribution in [2.75, 3.05) is 6.54 Å². The number of nitrogens with zero attached hydrogens (tertiary/aromatic N) is 2. The molecule has 0 saturated heterocycles. The number of hydrogen-bond acceptors (Lipinski definition) is 3. The van der Waals surface area contributed by atoms with Crippen molar-refractivity contribution in [3.63, 3.8) is 0 Å². The molecule has 4 rings (SSSR count). The molecule has 3 aromatic rings. The topological polar surface area (TPSA) is 81.8 Å². The monoisotopic (exact) mass is 348 g/mol. The number of aromatic nitrogens is 3. The van der Waals surface area contributed by atoms with Gasteiger partial charge in [0.1, 0.15) is 10.7 Å². The maximum absolute atomic E-state index is 13.4. The van der Waals surface area contributed by atoms with Crippen LogP contribution in [0.4, 0.5) is 4.39 Å². The van der Waals surface area contributed by atoms with Crippen LogP contribution in [0.1, 0.15) is 22.6 Å². The molecule has 8 heteroatoms. The second kappa shape index (κ2) is 5.15. The van der Waals surface area contributed by atoms with E-state index >= 15 is 0 Å². The molecular formula is C16H17FN4O2S. The molecule has 0 saturated carbocycles. The van der Waals surface area contributed by atoms with Gasteiger partial charge in [-0.25, -0.2) is 12.8 Å². The number of rotatable bonds is 2. The van der Waals surface area contributed by atoms with Gasteiger partial charge in [-0.2, -0.15) is 9.40 Å². The van der Waals surface area contributed by atoms with Crippen molar-refractivity contribution in [2.45, 2.75) is 31.7 Å². The van der Waals surface area contributed by atoms with Crippen LogP contribution in [0.3, 0.4) is 0 Å². The van der Waals surface area contributed by atoms with E-state index in [1.54, 1.807) is 19.9 Å². The summed E-state index contributed by atoms with van der Waals surface area (Å²) in [5, 5.41) is 7.59. The van der Waals surface area contributed by atoms with Gasteiger partial charge in [0.25, 0.3) is 0 Å². The number of hydrogen-bond donors (Lipinski definition) is 2. The number of H-pyrrole nitrogens is 2. The van der Waals surface area contributed by atoms with E-state index in [4.69, 9.17) is 0 Å². The lowest BCUT2D eigenvalue weighted by molar-refractivity contribution is 0.390. The molecule has 0 unspecified atom stereocenters. The Bertz CT molecular complexity index is 1030. The van der Waals surface area contributed by atoms with Crippen LogP contribution in [-0.4, -0.2) is 34.4 Å². The SMILES string of the molecule is Cc1n[nH]c(C)c1S(=O)(=O)N1CCc2[nH]c3cc(F)ccc3c2C1. The van der Waals surface area contributed by atoms with E-state index in [2.05, 4.69) is 15.2 Å². The minimum Gasteiger partial charge on any atom is -0.358 e. The number of halogens is 1. The lowest BCUT2D eigenvalue weighted by Crippen LogP contribution is -2.36. The summed E-state index contributed by atoms with van der Waals surface area (Å²) in [7, 11) is -3.63. The molecule has 0 aliphatic carbocycles. The first-order valence-electron chi connectivity index (χ1n) is 7.68. The summed E-state index contributed by atoms with van der Waals surface area (Å²) in [5.41, 5.74) is 3.61. The van der Waals surface area contributed by atoms with Gasteiger partial charge in [-0.15, -0.1) is 0 Å². The molecule has 0 amide bonds. The van der Waals surface area contributed by atoms with Gasteiger partial charge in [-0.05, 0) is 37.6 Å². The molecule has 0 fully saturated rings. The molecular weight excluding hydrogens is 331 g/mol. The third-order valence-corrected chi connectivity index (χ3v) is 6.67. The quantitative estimate of drug-likeness (QED) is 0.746. The summed E-state index contributed by atoms with van der Waals surface area (Å²) < 4.78 is 40.9. The van der Waals surface area contributed by atoms with E-state index in [9.17, 15) is 12.8 Å². The largest absolute Gasteiger partial charge is 0.358 e. The summed E-state index contributed by atoms with van der Waals surface area (Å²) in [6.45, 7) is 4.04. The van der Waals surface area contributed by atoms with Crippen molar-refractivity contribution >= 4 is 20.9 Å². The van der Waals surface area contributed by atoms with E-state index in [0.29, 0.717) is 29.9 Å². The van der Waals surface area contributed by atoms with Crippen LogP contribution >= 0.6 is 0 Å². The van der Waals surface area contributed by atoms with Gasteiger partial charge in [0.15, 0.2) is 0 Å². The van der Waals surface area contributed by atoms with Gasteiger partial charge in [0, 0.05) is 36.1 Å². The summed E-state index contributed by atoms with van der Waals surface area (Å²) in [5.74, 6) is -0.310. The molecule has 6 nitrogen and oxygen atoms in total. The van der Waals surface area contributed by atoms with Crippen molar-refractivity contribution in [3.8, 4) is 0 Å². The zero-order valence-electron chi connectivity index (χ0n) is 13.4. The summed E-state index contributed by atoms with van der Waals surface area (Å²) in [4.78, 5) is 3.45. The fraction of sp³-hybridized carbons (Fsp3) is 0.312. The average molecular weight is 348 g/mol. The van der Waals surface area contributed by atoms with Gasteiger partial charge in [0.05, 0.1) is 11.4 Å². The Kier molecular flexibility index (Phi) is 3.29. The number of fused-ring (bicyclic) bond motifs is 3. The minimum absolute atomic E-state index is 0.247. The first-order chi connectivity index (χ1) is 11.4. The zero-order valence-corrected chi connectivity index (χ0v) is 14.2. The van der Waals surface area contributed by atoms with Crippen molar-refractivity contribution in [1.29, 1.82) is 0 Å². The van der Waals surface area contributed by atoms with Crippen molar-refractivity contribution in [1.82, 2.24) is 19.5 Å². The molecule has 0 radical (unpaired) electrons. The Hall–Kier alpha value is -2.19. The van der Waals surface area contributed by atoms with Gasteiger partial charge in [0.2, 0.25) is 10.0 Å². The Morgan fingerprint density at radius 3 is 2.79 bits per heavy atom. The highest BCUT2D eigenvalue weighted by Gasteiger charge is 2.33. The molecule has 1 aliphatic rings. The highest BCUT2D eigenvalue weighted by atomic mass is 32.2. The van der Waals surface area contributed by atoms with Gasteiger partial charge in [-0.1, -0.05) is 0 Å². The third kappa shape index (κ3) is 2.17. The molecule has 2 aromatic heterocycles. The maximum atomic E-state index is 13.4. The first-order valence-corrected chi connectivity index (χ1v) is 9.12. The van der Waals surface area contributed by atoms with E-state index < -0.39 is 10.0 Å². The molecule has 0 atom stereocenters. The van der Waals surface area contributed by atoms with E-state index in [-0.39, 0.29) is 17.3 Å². The number of aromatic amines is 2. The predicted molar refractivity (Wildman–Crippen MR) is 87.6 cm³/mol. The Morgan fingerprint density at radius 2 is 2.08 bits per heavy atom. The average Bonchev–Trinajstić information content (AvgIpc) is 3.05. The van der Waals surface area contributed by atoms with Crippen LogP contribution in [0, 0.1) is 19.7 Å². The molecule has 24 heavy (non-hydrogen) atoms. The van der Waals surface area contributed by atoms with Crippen LogP contribution in [0.25, 0.3) is 10.9 Å². The van der Waals surface area contributed by atoms with Crippen LogP contribution in [-0.2, 0) is 23.0 Å². The van der Waals surface area contributed by atoms with Crippen LogP contribution in [0.2, 0.25) is 0 Å². The molecule has 2 N–H and O–H groups in total. The highest BCUT2D eigenvalue weighted by molar-refractivity contribution is 7.89. The summed E-state index contributed by atoms with van der Waals surface area (Å²) in [6, 6.07) is 4.54. The highest BCUT2D eigenvalue weighted by Crippen LogP contribution is 2.32. The first kappa shape index (κ1) is 15.3. The Morgan fingerprint density at radius 1 is 1.29 bits per heavy atom. The van der Waals surface area contributed by atoms with E-state index in [1.807, 2.05) is 0 Å². The molecule has 126 valence electrons. The van der Waals surface area contributed by atoms with Crippen molar-refractivity contribution < 1.29 is 12.8 Å². The van der Waals surface area contributed by atoms with Crippen molar-refractivity contribution in [3.05, 3.63) is 46.7 Å². The fourth-order valence-corrected chi connectivity index (χ4v) is 5.16. The second-order valence-electron chi connectivity index (χ2n) is 6.12. The zero-order chi connectivity index (χ0) is 17.1. The number of benzene rings is 1. The van der Waals surface area contributed by atoms with Gasteiger partial charge < -0.3 is 4.98 Å². The standard InChI is InChI=1S/C16H17FN4O2S/c1-9-16(10(2)20-19-9)24(22,23)21-6-5-14-13(8-21)12-4-3-11(17)7-15(12)18-14/h3-4,7,18H,5-6,8H2,1-2H3,(H,19,20). The summed E-state index contributed by atoms with van der Waals surface area (Å²) >= 11 is 0. The van der Waals surface area contributed by atoms with Crippen LogP contribution < -0.4 is 0 Å². The normalized spacial score (nSPS) is 15.8. The molecule has 1 aliphatic heterocycles. The molecule has 1 aromatic carbocycles. The van der Waals surface area contributed by atoms with Crippen LogP contribution in [0.15, 0.2) is 23.1 Å². The fourth-order valence-electron chi connectivity index (χ4n) is 3.42. The summed E-state index contributed by atoms with van der Waals surface area (Å²) in [6.07, 6.45) is 0.570. The second-order valence-corrected chi connectivity index (χ2v) is 8.00. The van der Waals surface area contributed by atoms with Gasteiger partial charge in [-0.3, -0.25) is 5.10 Å². The van der Waals surface area contributed by atoms with Gasteiger partial charge >= 0.3 is 0 Å². The van der Waals surface area contributed by atoms with Crippen molar-refractivity contribution in [2.24, 2.45) is 0 Å².